The van der Waals surface area contributed by atoms with Gasteiger partial charge in [-0.3, -0.25) is 4.79 Å². The Kier molecular flexibility index (Phi) is 5.77. The predicted octanol–water partition coefficient (Wildman–Crippen LogP) is 3.34. The minimum atomic E-state index is -0.488. The maximum atomic E-state index is 12.1. The highest BCUT2D eigenvalue weighted by Gasteiger charge is 2.22. The van der Waals surface area contributed by atoms with Crippen molar-refractivity contribution in [3.05, 3.63) is 16.0 Å². The lowest BCUT2D eigenvalue weighted by Gasteiger charge is -2.10. The maximum absolute atomic E-state index is 12.1. The molecular formula is C16H23N3OS. The normalized spacial score (nSPS) is 15.7. The molecule has 0 bridgehead atoms. The number of nitrogens with two attached hydrogens (primary N) is 1. The van der Waals surface area contributed by atoms with Crippen LogP contribution in [-0.4, -0.2) is 11.9 Å². The minimum Gasteiger partial charge on any atom is -0.320 e. The summed E-state index contributed by atoms with van der Waals surface area (Å²) in [5.41, 5.74) is 7.71. The van der Waals surface area contributed by atoms with Gasteiger partial charge in [-0.15, -0.1) is 11.3 Å². The molecule has 4 nitrogen and oxygen atoms in total. The molecule has 3 N–H and O–H groups in total. The molecule has 0 radical (unpaired) electrons. The van der Waals surface area contributed by atoms with Gasteiger partial charge in [-0.25, -0.2) is 0 Å². The van der Waals surface area contributed by atoms with Crippen molar-refractivity contribution < 1.29 is 4.79 Å². The van der Waals surface area contributed by atoms with Gasteiger partial charge < -0.3 is 11.1 Å². The number of amides is 1. The number of anilines is 1. The fourth-order valence-corrected chi connectivity index (χ4v) is 3.95. The van der Waals surface area contributed by atoms with Crippen molar-refractivity contribution in [2.45, 2.75) is 64.3 Å². The summed E-state index contributed by atoms with van der Waals surface area (Å²) in [5.74, 6) is -0.170. The highest BCUT2D eigenvalue weighted by atomic mass is 32.1. The van der Waals surface area contributed by atoms with Gasteiger partial charge in [0.05, 0.1) is 11.6 Å². The van der Waals surface area contributed by atoms with Gasteiger partial charge in [-0.1, -0.05) is 26.2 Å². The van der Waals surface area contributed by atoms with Crippen LogP contribution in [0.4, 0.5) is 5.00 Å². The van der Waals surface area contributed by atoms with E-state index in [-0.39, 0.29) is 5.91 Å². The van der Waals surface area contributed by atoms with Gasteiger partial charge >= 0.3 is 0 Å². The largest absolute Gasteiger partial charge is 0.320 e. The summed E-state index contributed by atoms with van der Waals surface area (Å²) in [7, 11) is 0. The van der Waals surface area contributed by atoms with Crippen LogP contribution in [0.5, 0.6) is 0 Å². The summed E-state index contributed by atoms with van der Waals surface area (Å²) in [4.78, 5) is 13.4. The molecule has 1 aliphatic carbocycles. The summed E-state index contributed by atoms with van der Waals surface area (Å²) in [5, 5.41) is 13.0. The van der Waals surface area contributed by atoms with Crippen molar-refractivity contribution >= 4 is 22.2 Å². The number of rotatable bonds is 5. The SMILES string of the molecule is CCCCC(N)C(=O)Nc1sc2c(c1C#N)CCCCC2. The number of nitriles is 1. The van der Waals surface area contributed by atoms with Crippen LogP contribution in [0, 0.1) is 11.3 Å². The van der Waals surface area contributed by atoms with Gasteiger partial charge in [-0.05, 0) is 37.7 Å². The highest BCUT2D eigenvalue weighted by Crippen LogP contribution is 2.37. The number of carbonyl (C=O) groups is 1. The molecular weight excluding hydrogens is 282 g/mol. The van der Waals surface area contributed by atoms with E-state index in [2.05, 4.69) is 18.3 Å². The van der Waals surface area contributed by atoms with Crippen LogP contribution in [0.3, 0.4) is 0 Å². The van der Waals surface area contributed by atoms with E-state index in [1.165, 1.54) is 17.7 Å². The first-order chi connectivity index (χ1) is 10.2. The molecule has 1 unspecified atom stereocenters. The monoisotopic (exact) mass is 305 g/mol. The molecule has 1 aliphatic rings. The van der Waals surface area contributed by atoms with Crippen molar-refractivity contribution in [3.63, 3.8) is 0 Å². The molecule has 1 heterocycles. The molecule has 0 aromatic carbocycles. The van der Waals surface area contributed by atoms with Crippen LogP contribution in [0.1, 0.15) is 61.5 Å². The number of aryl methyl sites for hydroxylation is 1. The third kappa shape index (κ3) is 3.84. The van der Waals surface area contributed by atoms with Gasteiger partial charge in [0.1, 0.15) is 11.1 Å². The first-order valence-electron chi connectivity index (χ1n) is 7.78. The Hall–Kier alpha value is -1.38. The number of thiophene rings is 1. The Morgan fingerprint density at radius 3 is 2.90 bits per heavy atom. The van der Waals surface area contributed by atoms with Crippen LogP contribution < -0.4 is 11.1 Å². The molecule has 1 aromatic rings. The predicted molar refractivity (Wildman–Crippen MR) is 86.4 cm³/mol. The Morgan fingerprint density at radius 1 is 1.43 bits per heavy atom. The molecule has 5 heteroatoms. The van der Waals surface area contributed by atoms with Crippen molar-refractivity contribution in [2.75, 3.05) is 5.32 Å². The smallest absolute Gasteiger partial charge is 0.241 e. The molecule has 21 heavy (non-hydrogen) atoms. The third-order valence-corrected chi connectivity index (χ3v) is 5.18. The topological polar surface area (TPSA) is 78.9 Å². The van der Waals surface area contributed by atoms with Crippen molar-refractivity contribution in [1.29, 1.82) is 5.26 Å². The summed E-state index contributed by atoms with van der Waals surface area (Å²) < 4.78 is 0. The number of nitrogens with zero attached hydrogens (tertiary/aromatic N) is 1. The second kappa shape index (κ2) is 7.58. The first kappa shape index (κ1) is 16.0. The zero-order valence-corrected chi connectivity index (χ0v) is 13.4. The summed E-state index contributed by atoms with van der Waals surface area (Å²) >= 11 is 1.56. The third-order valence-electron chi connectivity index (χ3n) is 3.98. The standard InChI is InChI=1S/C16H23N3OS/c1-2-3-8-13(18)15(20)19-16-12(10-17)11-7-5-4-6-9-14(11)21-16/h13H,2-9,18H2,1H3,(H,19,20). The van der Waals surface area contributed by atoms with Gasteiger partial charge in [-0.2, -0.15) is 5.26 Å². The molecule has 1 atom stereocenters. The first-order valence-corrected chi connectivity index (χ1v) is 8.60. The van der Waals surface area contributed by atoms with Crippen LogP contribution in [0.25, 0.3) is 0 Å². The summed E-state index contributed by atoms with van der Waals surface area (Å²) in [6, 6.07) is 1.79. The van der Waals surface area contributed by atoms with Gasteiger partial charge in [0.25, 0.3) is 0 Å². The van der Waals surface area contributed by atoms with Crippen molar-refractivity contribution in [2.24, 2.45) is 5.73 Å². The molecule has 0 spiro atoms. The van der Waals surface area contributed by atoms with Gasteiger partial charge in [0.15, 0.2) is 0 Å². The van der Waals surface area contributed by atoms with E-state index in [9.17, 15) is 10.1 Å². The number of hydrogen-bond acceptors (Lipinski definition) is 4. The van der Waals surface area contributed by atoms with E-state index in [0.29, 0.717) is 17.0 Å². The second-order valence-electron chi connectivity index (χ2n) is 5.62. The zero-order chi connectivity index (χ0) is 15.2. The molecule has 2 rings (SSSR count). The maximum Gasteiger partial charge on any atom is 0.241 e. The zero-order valence-electron chi connectivity index (χ0n) is 12.6. The fourth-order valence-electron chi connectivity index (χ4n) is 2.71. The Morgan fingerprint density at radius 2 is 2.19 bits per heavy atom. The molecule has 0 fully saturated rings. The number of fused-ring (bicyclic) bond motifs is 1. The Labute approximate surface area is 130 Å². The molecule has 0 saturated carbocycles. The van der Waals surface area contributed by atoms with E-state index in [4.69, 9.17) is 5.73 Å². The average molecular weight is 305 g/mol. The number of carbonyl (C=O) groups excluding carboxylic acids is 1. The van der Waals surface area contributed by atoms with E-state index in [0.717, 1.165) is 37.7 Å². The Bertz CT molecular complexity index is 544. The lowest BCUT2D eigenvalue weighted by atomic mass is 10.1. The molecule has 1 aromatic heterocycles. The van der Waals surface area contributed by atoms with Crippen LogP contribution in [-0.2, 0) is 17.6 Å². The van der Waals surface area contributed by atoms with Crippen LogP contribution >= 0.6 is 11.3 Å². The number of unbranched alkanes of at least 4 members (excludes halogenated alkanes) is 1. The molecule has 0 aliphatic heterocycles. The van der Waals surface area contributed by atoms with Crippen LogP contribution in [0.2, 0.25) is 0 Å². The second-order valence-corrected chi connectivity index (χ2v) is 6.72. The van der Waals surface area contributed by atoms with E-state index < -0.39 is 6.04 Å². The number of hydrogen-bond donors (Lipinski definition) is 2. The van der Waals surface area contributed by atoms with E-state index >= 15 is 0 Å². The van der Waals surface area contributed by atoms with Gasteiger partial charge in [0, 0.05) is 4.88 Å². The Balaban J connectivity index is 2.13. The summed E-state index contributed by atoms with van der Waals surface area (Å²) in [6.45, 7) is 2.08. The quantitative estimate of drug-likeness (QED) is 0.819. The summed E-state index contributed by atoms with van der Waals surface area (Å²) in [6.07, 6.45) is 8.14. The van der Waals surface area contributed by atoms with Gasteiger partial charge in [0.2, 0.25) is 5.91 Å². The molecule has 0 saturated heterocycles. The van der Waals surface area contributed by atoms with Crippen molar-refractivity contribution in [3.8, 4) is 6.07 Å². The minimum absolute atomic E-state index is 0.170. The molecule has 114 valence electrons. The van der Waals surface area contributed by atoms with Crippen molar-refractivity contribution in [1.82, 2.24) is 0 Å². The lowest BCUT2D eigenvalue weighted by Crippen LogP contribution is -2.35. The van der Waals surface area contributed by atoms with E-state index in [1.807, 2.05) is 0 Å². The molecule has 1 amide bonds. The van der Waals surface area contributed by atoms with Crippen LogP contribution in [0.15, 0.2) is 0 Å². The number of nitrogens with one attached hydrogen (secondary N) is 1. The van der Waals surface area contributed by atoms with E-state index in [1.54, 1.807) is 11.3 Å². The average Bonchev–Trinajstić information content (AvgIpc) is 2.65. The lowest BCUT2D eigenvalue weighted by molar-refractivity contribution is -0.117. The highest BCUT2D eigenvalue weighted by molar-refractivity contribution is 7.16. The fraction of sp³-hybridized carbons (Fsp3) is 0.625.